The first-order valence-electron chi connectivity index (χ1n) is 5.65. The lowest BCUT2D eigenvalue weighted by atomic mass is 9.98. The molecule has 0 bridgehead atoms. The quantitative estimate of drug-likeness (QED) is 0.784. The molecule has 1 aliphatic carbocycles. The number of nitrogens with zero attached hydrogens (tertiary/aromatic N) is 1. The maximum atomic E-state index is 5.79. The van der Waals surface area contributed by atoms with Gasteiger partial charge < -0.3 is 5.32 Å². The lowest BCUT2D eigenvalue weighted by molar-refractivity contribution is 0.494. The van der Waals surface area contributed by atoms with Gasteiger partial charge in [-0.05, 0) is 55.3 Å². The highest BCUT2D eigenvalue weighted by molar-refractivity contribution is 6.29. The van der Waals surface area contributed by atoms with Gasteiger partial charge >= 0.3 is 0 Å². The van der Waals surface area contributed by atoms with Crippen molar-refractivity contribution in [3.63, 3.8) is 0 Å². The van der Waals surface area contributed by atoms with Crippen LogP contribution in [0.1, 0.15) is 24.3 Å². The third kappa shape index (κ3) is 2.20. The molecular weight excluding hydrogens is 243 g/mol. The molecule has 88 valence electrons. The van der Waals surface area contributed by atoms with Crippen molar-refractivity contribution in [1.82, 2.24) is 10.3 Å². The molecule has 2 nitrogen and oxygen atoms in total. The van der Waals surface area contributed by atoms with Gasteiger partial charge in [0.05, 0.1) is 0 Å². The van der Waals surface area contributed by atoms with E-state index in [9.17, 15) is 0 Å². The molecule has 2 atom stereocenters. The first-order valence-corrected chi connectivity index (χ1v) is 6.03. The van der Waals surface area contributed by atoms with E-state index in [2.05, 4.69) is 16.4 Å². The molecule has 0 radical (unpaired) electrons. The van der Waals surface area contributed by atoms with Crippen molar-refractivity contribution >= 4 is 24.0 Å². The second kappa shape index (κ2) is 4.91. The van der Waals surface area contributed by atoms with Gasteiger partial charge in [0.2, 0.25) is 0 Å². The summed E-state index contributed by atoms with van der Waals surface area (Å²) in [6.45, 7) is 2.42. The van der Waals surface area contributed by atoms with E-state index in [1.54, 1.807) is 0 Å². The van der Waals surface area contributed by atoms with Gasteiger partial charge in [-0.3, -0.25) is 0 Å². The first-order chi connectivity index (χ1) is 7.33. The summed E-state index contributed by atoms with van der Waals surface area (Å²) in [6, 6.07) is 4.04. The fourth-order valence-electron chi connectivity index (χ4n) is 3.07. The van der Waals surface area contributed by atoms with Crippen LogP contribution >= 0.6 is 24.0 Å². The molecule has 1 saturated carbocycles. The summed E-state index contributed by atoms with van der Waals surface area (Å²) in [5, 5.41) is 4.06. The van der Waals surface area contributed by atoms with E-state index >= 15 is 0 Å². The van der Waals surface area contributed by atoms with Crippen LogP contribution in [-0.2, 0) is 0 Å². The highest BCUT2D eigenvalue weighted by Crippen LogP contribution is 2.43. The molecule has 2 aliphatic rings. The zero-order valence-electron chi connectivity index (χ0n) is 9.03. The summed E-state index contributed by atoms with van der Waals surface area (Å²) in [4.78, 5) is 4.17. The van der Waals surface area contributed by atoms with Gasteiger partial charge in [0.25, 0.3) is 0 Å². The van der Waals surface area contributed by atoms with Crippen molar-refractivity contribution in [2.75, 3.05) is 13.1 Å². The fraction of sp³-hybridized carbons (Fsp3) is 0.583. The molecule has 1 aromatic heterocycles. The molecule has 1 aromatic rings. The van der Waals surface area contributed by atoms with Crippen LogP contribution < -0.4 is 5.32 Å². The summed E-state index contributed by atoms with van der Waals surface area (Å²) in [5.41, 5.74) is 1.37. The molecule has 0 amide bonds. The summed E-state index contributed by atoms with van der Waals surface area (Å²) in [5.74, 6) is 2.50. The second-order valence-corrected chi connectivity index (χ2v) is 5.15. The second-order valence-electron chi connectivity index (χ2n) is 4.76. The van der Waals surface area contributed by atoms with Crippen molar-refractivity contribution < 1.29 is 0 Å². The third-order valence-electron chi connectivity index (χ3n) is 3.88. The smallest absolute Gasteiger partial charge is 0.129 e. The molecule has 1 aliphatic heterocycles. The van der Waals surface area contributed by atoms with Crippen molar-refractivity contribution in [3.05, 3.63) is 29.0 Å². The minimum absolute atomic E-state index is 0. The SMILES string of the molecule is Cl.Clc1ccc(C2CC3CNCC3C2)cn1. The Hall–Kier alpha value is -0.310. The van der Waals surface area contributed by atoms with E-state index in [1.807, 2.05) is 12.3 Å². The maximum absolute atomic E-state index is 5.79. The summed E-state index contributed by atoms with van der Waals surface area (Å²) in [6.07, 6.45) is 4.59. The predicted octanol–water partition coefficient (Wildman–Crippen LogP) is 2.87. The molecule has 1 saturated heterocycles. The zero-order chi connectivity index (χ0) is 10.3. The number of rotatable bonds is 1. The summed E-state index contributed by atoms with van der Waals surface area (Å²) in [7, 11) is 0. The van der Waals surface area contributed by atoms with Crippen molar-refractivity contribution in [3.8, 4) is 0 Å². The van der Waals surface area contributed by atoms with Crippen molar-refractivity contribution in [2.24, 2.45) is 11.8 Å². The number of nitrogens with one attached hydrogen (secondary N) is 1. The average Bonchev–Trinajstić information content (AvgIpc) is 2.78. The van der Waals surface area contributed by atoms with E-state index in [0.29, 0.717) is 11.1 Å². The van der Waals surface area contributed by atoms with E-state index < -0.39 is 0 Å². The standard InChI is InChI=1S/C12H15ClN2.ClH/c13-12-2-1-8(7-15-12)9-3-10-5-14-6-11(10)4-9;/h1-2,7,9-11,14H,3-6H2;1H. The van der Waals surface area contributed by atoms with Gasteiger partial charge in [-0.2, -0.15) is 0 Å². The van der Waals surface area contributed by atoms with E-state index in [4.69, 9.17) is 11.6 Å². The van der Waals surface area contributed by atoms with E-state index in [0.717, 1.165) is 11.8 Å². The number of aromatic nitrogens is 1. The maximum Gasteiger partial charge on any atom is 0.129 e. The van der Waals surface area contributed by atoms with Crippen LogP contribution in [0.2, 0.25) is 5.15 Å². The zero-order valence-corrected chi connectivity index (χ0v) is 10.6. The fourth-order valence-corrected chi connectivity index (χ4v) is 3.18. The van der Waals surface area contributed by atoms with Crippen molar-refractivity contribution in [1.29, 1.82) is 0 Å². The molecule has 1 N–H and O–H groups in total. The topological polar surface area (TPSA) is 24.9 Å². The molecule has 0 spiro atoms. The minimum Gasteiger partial charge on any atom is -0.316 e. The Morgan fingerprint density at radius 1 is 1.19 bits per heavy atom. The first kappa shape index (κ1) is 12.2. The Bertz CT molecular complexity index is 341. The Morgan fingerprint density at radius 3 is 2.44 bits per heavy atom. The van der Waals surface area contributed by atoms with Gasteiger partial charge in [0.1, 0.15) is 5.15 Å². The van der Waals surface area contributed by atoms with Crippen LogP contribution in [0, 0.1) is 11.8 Å². The van der Waals surface area contributed by atoms with Gasteiger partial charge in [0, 0.05) is 6.20 Å². The number of fused-ring (bicyclic) bond motifs is 1. The monoisotopic (exact) mass is 258 g/mol. The number of pyridine rings is 1. The Labute approximate surface area is 107 Å². The molecular formula is C12H16Cl2N2. The highest BCUT2D eigenvalue weighted by atomic mass is 35.5. The average molecular weight is 259 g/mol. The van der Waals surface area contributed by atoms with Gasteiger partial charge in [0.15, 0.2) is 0 Å². The van der Waals surface area contributed by atoms with Crippen LogP contribution in [0.4, 0.5) is 0 Å². The predicted molar refractivity (Wildman–Crippen MR) is 68.3 cm³/mol. The van der Waals surface area contributed by atoms with Gasteiger partial charge in [-0.1, -0.05) is 17.7 Å². The molecule has 0 aromatic carbocycles. The van der Waals surface area contributed by atoms with Gasteiger partial charge in [-0.25, -0.2) is 4.98 Å². The largest absolute Gasteiger partial charge is 0.316 e. The van der Waals surface area contributed by atoms with Crippen molar-refractivity contribution in [2.45, 2.75) is 18.8 Å². The summed E-state index contributed by atoms with van der Waals surface area (Å²) < 4.78 is 0. The Balaban J connectivity index is 0.000000963. The van der Waals surface area contributed by atoms with Gasteiger partial charge in [-0.15, -0.1) is 12.4 Å². The van der Waals surface area contributed by atoms with E-state index in [1.165, 1.54) is 31.5 Å². The van der Waals surface area contributed by atoms with Crippen LogP contribution in [0.25, 0.3) is 0 Å². The normalized spacial score (nSPS) is 32.2. The molecule has 2 heterocycles. The number of hydrogen-bond donors (Lipinski definition) is 1. The third-order valence-corrected chi connectivity index (χ3v) is 4.10. The molecule has 3 rings (SSSR count). The lowest BCUT2D eigenvalue weighted by Gasteiger charge is -2.10. The molecule has 2 unspecified atom stereocenters. The van der Waals surface area contributed by atoms with Crippen LogP contribution in [0.15, 0.2) is 18.3 Å². The van der Waals surface area contributed by atoms with Crippen LogP contribution in [-0.4, -0.2) is 18.1 Å². The minimum atomic E-state index is 0. The Morgan fingerprint density at radius 2 is 1.88 bits per heavy atom. The number of halogens is 2. The van der Waals surface area contributed by atoms with Crippen LogP contribution in [0.3, 0.4) is 0 Å². The molecule has 16 heavy (non-hydrogen) atoms. The van der Waals surface area contributed by atoms with Crippen LogP contribution in [0.5, 0.6) is 0 Å². The summed E-state index contributed by atoms with van der Waals surface area (Å²) >= 11 is 5.79. The number of hydrogen-bond acceptors (Lipinski definition) is 2. The molecule has 2 fully saturated rings. The highest BCUT2D eigenvalue weighted by Gasteiger charge is 2.37. The van der Waals surface area contributed by atoms with E-state index in [-0.39, 0.29) is 12.4 Å². The Kier molecular flexibility index (Phi) is 3.73. The lowest BCUT2D eigenvalue weighted by Crippen LogP contribution is -2.11. The molecule has 4 heteroatoms.